The lowest BCUT2D eigenvalue weighted by atomic mass is 9.75. The number of nitro groups is 1. The van der Waals surface area contributed by atoms with Gasteiger partial charge in [0.15, 0.2) is 11.6 Å². The van der Waals surface area contributed by atoms with Gasteiger partial charge in [-0.2, -0.15) is 5.26 Å². The molecule has 1 heterocycles. The number of Topliss-reactive ketones (excluding diaryl/α,β-unsaturated/α-hetero) is 1. The number of rotatable bonds is 6. The van der Waals surface area contributed by atoms with Crippen molar-refractivity contribution in [3.05, 3.63) is 121 Å². The van der Waals surface area contributed by atoms with E-state index in [-0.39, 0.29) is 39.2 Å². The predicted molar refractivity (Wildman–Crippen MR) is 159 cm³/mol. The molecule has 42 heavy (non-hydrogen) atoms. The largest absolute Gasteiger partial charge is 0.298 e. The van der Waals surface area contributed by atoms with E-state index in [1.165, 1.54) is 54.7 Å². The van der Waals surface area contributed by atoms with Gasteiger partial charge in [-0.1, -0.05) is 41.4 Å². The van der Waals surface area contributed by atoms with Crippen molar-refractivity contribution >= 4 is 56.6 Å². The van der Waals surface area contributed by atoms with Gasteiger partial charge < -0.3 is 0 Å². The molecule has 3 aromatic rings. The molecule has 0 bridgehead atoms. The molecule has 5 rings (SSSR count). The molecular formula is C29H21Cl2N5O5S. The van der Waals surface area contributed by atoms with Gasteiger partial charge in [0.05, 0.1) is 27.4 Å². The van der Waals surface area contributed by atoms with Crippen molar-refractivity contribution in [3.8, 4) is 6.07 Å². The number of hydrogen-bond acceptors (Lipinski definition) is 8. The summed E-state index contributed by atoms with van der Waals surface area (Å²) < 4.78 is 23.8. The molecule has 10 nitrogen and oxygen atoms in total. The Balaban J connectivity index is 1.78. The van der Waals surface area contributed by atoms with Gasteiger partial charge >= 0.3 is 0 Å². The van der Waals surface area contributed by atoms with E-state index >= 15 is 0 Å². The topological polar surface area (TPSA) is 160 Å². The molecule has 1 unspecified atom stereocenters. The summed E-state index contributed by atoms with van der Waals surface area (Å²) in [4.78, 5) is 30.5. The number of nitrogens with two attached hydrogens (primary N) is 1. The summed E-state index contributed by atoms with van der Waals surface area (Å²) in [6, 6.07) is 18.5. The number of allylic oxidation sites excluding steroid dienone is 3. The first-order chi connectivity index (χ1) is 20.0. The van der Waals surface area contributed by atoms with Crippen LogP contribution in [0.2, 0.25) is 10.0 Å². The van der Waals surface area contributed by atoms with Crippen LogP contribution in [0.1, 0.15) is 36.3 Å². The van der Waals surface area contributed by atoms with E-state index in [2.05, 4.69) is 11.1 Å². The van der Waals surface area contributed by atoms with Gasteiger partial charge in [-0.05, 0) is 60.4 Å². The van der Waals surface area contributed by atoms with E-state index in [4.69, 9.17) is 28.3 Å². The fraction of sp³-hybridized carbons (Fsp3) is 0.138. The first-order valence-electron chi connectivity index (χ1n) is 12.6. The Morgan fingerprint density at radius 3 is 2.48 bits per heavy atom. The van der Waals surface area contributed by atoms with Gasteiger partial charge in [-0.25, -0.2) is 18.5 Å². The normalized spacial score (nSPS) is 17.4. The highest BCUT2D eigenvalue weighted by Gasteiger charge is 2.41. The van der Waals surface area contributed by atoms with Crippen LogP contribution in [0.4, 0.5) is 11.4 Å². The average Bonchev–Trinajstić information content (AvgIpc) is 2.95. The number of ketones is 1. The Hall–Kier alpha value is -4.34. The molecule has 0 fully saturated rings. The number of anilines is 1. The number of carbonyl (C=O) groups excluding carboxylic acids is 1. The van der Waals surface area contributed by atoms with Gasteiger partial charge in [-0.15, -0.1) is 0 Å². The van der Waals surface area contributed by atoms with Gasteiger partial charge in [0.2, 0.25) is 10.0 Å². The fourth-order valence-electron chi connectivity index (χ4n) is 5.13. The lowest BCUT2D eigenvalue weighted by Gasteiger charge is -2.39. The lowest BCUT2D eigenvalue weighted by molar-refractivity contribution is -0.384. The summed E-state index contributed by atoms with van der Waals surface area (Å²) in [6.07, 6.45) is 2.65. The average molecular weight is 622 g/mol. The van der Waals surface area contributed by atoms with E-state index in [0.29, 0.717) is 45.9 Å². The second kappa shape index (κ2) is 11.5. The zero-order valence-electron chi connectivity index (χ0n) is 21.7. The van der Waals surface area contributed by atoms with Crippen LogP contribution in [0.5, 0.6) is 0 Å². The molecule has 0 aromatic heterocycles. The summed E-state index contributed by atoms with van der Waals surface area (Å²) >= 11 is 12.8. The van der Waals surface area contributed by atoms with Crippen LogP contribution in [-0.2, 0) is 14.8 Å². The van der Waals surface area contributed by atoms with Crippen molar-refractivity contribution in [1.82, 2.24) is 0 Å². The Labute approximate surface area is 251 Å². The number of nitrogens with zero attached hydrogens (tertiary/aromatic N) is 4. The Morgan fingerprint density at radius 1 is 1.10 bits per heavy atom. The number of non-ortho nitro benzene ring substituents is 1. The van der Waals surface area contributed by atoms with Crippen LogP contribution < -0.4 is 10.0 Å². The summed E-state index contributed by atoms with van der Waals surface area (Å²) in [5, 5.41) is 27.8. The van der Waals surface area contributed by atoms with Gasteiger partial charge in [0, 0.05) is 51.8 Å². The minimum absolute atomic E-state index is 0.102. The fourth-order valence-corrected chi connectivity index (χ4v) is 6.17. The zero-order chi connectivity index (χ0) is 30.2. The molecule has 2 aliphatic rings. The molecule has 1 aliphatic carbocycles. The van der Waals surface area contributed by atoms with Gasteiger partial charge in [-0.3, -0.25) is 19.8 Å². The van der Waals surface area contributed by atoms with Crippen molar-refractivity contribution in [2.24, 2.45) is 10.1 Å². The maximum absolute atomic E-state index is 13.5. The Morgan fingerprint density at radius 2 is 1.83 bits per heavy atom. The molecule has 1 atom stereocenters. The second-order valence-electron chi connectivity index (χ2n) is 9.57. The molecule has 0 amide bonds. The molecule has 0 spiro atoms. The van der Waals surface area contributed by atoms with E-state index in [1.54, 1.807) is 23.1 Å². The third kappa shape index (κ3) is 5.57. The molecule has 0 saturated carbocycles. The number of benzene rings is 3. The standard InChI is InChI=1S/C29H21Cl2N5O5S/c30-18-7-12-22(24(31)14-18)27-23(15-32)29(34-16-17-3-1-4-20(13-17)36(38)39)35(25-5-2-6-26(37)28(25)27)19-8-10-21(11-9-19)42(33,40)41/h1,3-4,7-14,16,27H,2,5-6H2,(H2,33,40,41)/b34-16+. The summed E-state index contributed by atoms with van der Waals surface area (Å²) in [5.74, 6) is -0.871. The molecule has 2 N–H and O–H groups in total. The number of nitriles is 1. The predicted octanol–water partition coefficient (Wildman–Crippen LogP) is 6.01. The van der Waals surface area contributed by atoms with E-state index in [0.717, 1.165) is 0 Å². The molecule has 0 saturated heterocycles. The first-order valence-corrected chi connectivity index (χ1v) is 14.9. The molecule has 1 aliphatic heterocycles. The van der Waals surface area contributed by atoms with Crippen molar-refractivity contribution in [1.29, 1.82) is 5.26 Å². The van der Waals surface area contributed by atoms with Crippen molar-refractivity contribution in [2.75, 3.05) is 4.90 Å². The second-order valence-corrected chi connectivity index (χ2v) is 12.0. The minimum Gasteiger partial charge on any atom is -0.298 e. The Kier molecular flexibility index (Phi) is 7.99. The number of halogens is 2. The number of aliphatic imine (C=N–C) groups is 1. The van der Waals surface area contributed by atoms with Crippen molar-refractivity contribution < 1.29 is 18.1 Å². The molecule has 13 heteroatoms. The maximum Gasteiger partial charge on any atom is 0.270 e. The number of carbonyl (C=O) groups is 1. The van der Waals surface area contributed by atoms with Crippen LogP contribution in [0.3, 0.4) is 0 Å². The third-order valence-electron chi connectivity index (χ3n) is 6.96. The van der Waals surface area contributed by atoms with E-state index in [1.807, 2.05) is 0 Å². The number of nitro benzene ring substituents is 1. The number of hydrogen-bond donors (Lipinski definition) is 1. The highest BCUT2D eigenvalue weighted by molar-refractivity contribution is 7.89. The van der Waals surface area contributed by atoms with Crippen LogP contribution in [0.25, 0.3) is 0 Å². The van der Waals surface area contributed by atoms with Crippen LogP contribution in [0.15, 0.2) is 99.3 Å². The highest BCUT2D eigenvalue weighted by atomic mass is 35.5. The van der Waals surface area contributed by atoms with Crippen molar-refractivity contribution in [2.45, 2.75) is 30.1 Å². The Bertz CT molecular complexity index is 1880. The monoisotopic (exact) mass is 621 g/mol. The first kappa shape index (κ1) is 29.2. The van der Waals surface area contributed by atoms with Crippen LogP contribution in [-0.4, -0.2) is 25.3 Å². The third-order valence-corrected chi connectivity index (χ3v) is 8.45. The molecule has 0 radical (unpaired) electrons. The summed E-state index contributed by atoms with van der Waals surface area (Å²) in [5.41, 5.74) is 2.25. The summed E-state index contributed by atoms with van der Waals surface area (Å²) in [7, 11) is -3.98. The van der Waals surface area contributed by atoms with Crippen LogP contribution in [0, 0.1) is 21.4 Å². The van der Waals surface area contributed by atoms with Gasteiger partial charge in [0.25, 0.3) is 5.69 Å². The van der Waals surface area contributed by atoms with Gasteiger partial charge in [0.1, 0.15) is 0 Å². The quantitative estimate of drug-likeness (QED) is 0.200. The van der Waals surface area contributed by atoms with Crippen LogP contribution >= 0.6 is 23.2 Å². The van der Waals surface area contributed by atoms with Crippen molar-refractivity contribution in [3.63, 3.8) is 0 Å². The smallest absolute Gasteiger partial charge is 0.270 e. The number of sulfonamides is 1. The van der Waals surface area contributed by atoms with E-state index < -0.39 is 20.9 Å². The SMILES string of the molecule is N#CC1=C(/N=C/c2cccc([N+](=O)[O-])c2)N(c2ccc(S(N)(=O)=O)cc2)C2=C(C(=O)CCC2)C1c1ccc(Cl)cc1Cl. The zero-order valence-corrected chi connectivity index (χ0v) is 24.0. The maximum atomic E-state index is 13.5. The highest BCUT2D eigenvalue weighted by Crippen LogP contribution is 2.49. The molecule has 3 aromatic carbocycles. The number of primary sulfonamides is 1. The molecular weight excluding hydrogens is 601 g/mol. The van der Waals surface area contributed by atoms with E-state index in [9.17, 15) is 28.6 Å². The lowest BCUT2D eigenvalue weighted by Crippen LogP contribution is -2.35. The summed E-state index contributed by atoms with van der Waals surface area (Å²) in [6.45, 7) is 0. The molecule has 212 valence electrons. The minimum atomic E-state index is -3.98.